The molecule has 0 atom stereocenters. The number of nitrogens with two attached hydrogens (primary N) is 1. The molecule has 1 aromatic rings. The van der Waals surface area contributed by atoms with Crippen LogP contribution >= 0.6 is 0 Å². The highest BCUT2D eigenvalue weighted by Crippen LogP contribution is 2.15. The van der Waals surface area contributed by atoms with Crippen molar-refractivity contribution in [2.24, 2.45) is 5.73 Å². The van der Waals surface area contributed by atoms with Gasteiger partial charge in [-0.2, -0.15) is 0 Å². The number of hydrogen-bond acceptors (Lipinski definition) is 2. The lowest BCUT2D eigenvalue weighted by Crippen LogP contribution is -2.29. The van der Waals surface area contributed by atoms with Gasteiger partial charge in [0.2, 0.25) is 0 Å². The van der Waals surface area contributed by atoms with Gasteiger partial charge in [-0.05, 0) is 25.5 Å². The fraction of sp³-hybridized carbons (Fsp3) is 0.200. The standard InChI is InChI=1S/C10H12N2O2/c1-6-3-4-8(7(2)5-6)12-10(14)9(11)13/h3-5H,1-2H3,(H2,11,13)(H,12,14). The number of hydrogen-bond donors (Lipinski definition) is 2. The largest absolute Gasteiger partial charge is 0.361 e. The number of amides is 2. The van der Waals surface area contributed by atoms with Crippen LogP contribution in [0.1, 0.15) is 11.1 Å². The fourth-order valence-corrected chi connectivity index (χ4v) is 1.14. The van der Waals surface area contributed by atoms with Crippen LogP contribution in [0.5, 0.6) is 0 Å². The molecule has 0 spiro atoms. The zero-order chi connectivity index (χ0) is 10.7. The van der Waals surface area contributed by atoms with Crippen LogP contribution in [-0.2, 0) is 9.59 Å². The maximum absolute atomic E-state index is 11.0. The third-order valence-electron chi connectivity index (χ3n) is 1.85. The predicted octanol–water partition coefficient (Wildman–Crippen LogP) is 0.727. The third kappa shape index (κ3) is 2.32. The fourth-order valence-electron chi connectivity index (χ4n) is 1.14. The molecule has 74 valence electrons. The zero-order valence-electron chi connectivity index (χ0n) is 8.13. The molecular weight excluding hydrogens is 180 g/mol. The molecule has 0 unspecified atom stereocenters. The van der Waals surface area contributed by atoms with E-state index in [4.69, 9.17) is 5.73 Å². The van der Waals surface area contributed by atoms with Crippen molar-refractivity contribution in [3.05, 3.63) is 29.3 Å². The van der Waals surface area contributed by atoms with Crippen LogP contribution in [0.2, 0.25) is 0 Å². The molecule has 0 aromatic heterocycles. The maximum atomic E-state index is 11.0. The normalized spacial score (nSPS) is 9.57. The minimum absolute atomic E-state index is 0.611. The Morgan fingerprint density at radius 3 is 2.43 bits per heavy atom. The van der Waals surface area contributed by atoms with E-state index in [1.54, 1.807) is 6.07 Å². The van der Waals surface area contributed by atoms with E-state index >= 15 is 0 Å². The van der Waals surface area contributed by atoms with Gasteiger partial charge in [-0.3, -0.25) is 9.59 Å². The Morgan fingerprint density at radius 1 is 1.29 bits per heavy atom. The first-order chi connectivity index (χ1) is 6.50. The lowest BCUT2D eigenvalue weighted by Gasteiger charge is -2.06. The molecule has 0 aliphatic heterocycles. The van der Waals surface area contributed by atoms with Crippen LogP contribution in [0, 0.1) is 13.8 Å². The van der Waals surface area contributed by atoms with Gasteiger partial charge >= 0.3 is 11.8 Å². The number of nitrogens with one attached hydrogen (secondary N) is 1. The average molecular weight is 192 g/mol. The summed E-state index contributed by atoms with van der Waals surface area (Å²) in [6.45, 7) is 3.80. The zero-order valence-corrected chi connectivity index (χ0v) is 8.13. The van der Waals surface area contributed by atoms with Gasteiger partial charge in [-0.25, -0.2) is 0 Å². The van der Waals surface area contributed by atoms with E-state index in [0.717, 1.165) is 11.1 Å². The van der Waals surface area contributed by atoms with Crippen LogP contribution in [0.4, 0.5) is 5.69 Å². The molecule has 0 heterocycles. The molecule has 4 nitrogen and oxygen atoms in total. The Balaban J connectivity index is 2.87. The Morgan fingerprint density at radius 2 is 1.93 bits per heavy atom. The van der Waals surface area contributed by atoms with Crippen molar-refractivity contribution in [3.8, 4) is 0 Å². The number of primary amides is 1. The van der Waals surface area contributed by atoms with E-state index in [9.17, 15) is 9.59 Å². The molecule has 0 radical (unpaired) electrons. The van der Waals surface area contributed by atoms with Crippen molar-refractivity contribution >= 4 is 17.5 Å². The van der Waals surface area contributed by atoms with E-state index in [-0.39, 0.29) is 0 Å². The molecular formula is C10H12N2O2. The summed E-state index contributed by atoms with van der Waals surface area (Å²) >= 11 is 0. The molecule has 0 saturated carbocycles. The SMILES string of the molecule is Cc1ccc(NC(=O)C(N)=O)c(C)c1. The molecule has 3 N–H and O–H groups in total. The summed E-state index contributed by atoms with van der Waals surface area (Å²) in [6.07, 6.45) is 0. The number of anilines is 1. The summed E-state index contributed by atoms with van der Waals surface area (Å²) in [5, 5.41) is 2.42. The second-order valence-electron chi connectivity index (χ2n) is 3.14. The lowest BCUT2D eigenvalue weighted by atomic mass is 10.1. The molecule has 1 aromatic carbocycles. The first kappa shape index (κ1) is 10.2. The summed E-state index contributed by atoms with van der Waals surface area (Å²) < 4.78 is 0. The number of carbonyl (C=O) groups excluding carboxylic acids is 2. The smallest absolute Gasteiger partial charge is 0.313 e. The van der Waals surface area contributed by atoms with Crippen molar-refractivity contribution in [2.45, 2.75) is 13.8 Å². The third-order valence-corrected chi connectivity index (χ3v) is 1.85. The minimum atomic E-state index is -0.982. The predicted molar refractivity (Wildman–Crippen MR) is 53.7 cm³/mol. The van der Waals surface area contributed by atoms with Gasteiger partial charge < -0.3 is 11.1 Å². The quantitative estimate of drug-likeness (QED) is 0.644. The second-order valence-corrected chi connectivity index (χ2v) is 3.14. The van der Waals surface area contributed by atoms with Gasteiger partial charge in [0.15, 0.2) is 0 Å². The van der Waals surface area contributed by atoms with Gasteiger partial charge in [-0.15, -0.1) is 0 Å². The Bertz CT molecular complexity index is 386. The molecule has 0 aliphatic carbocycles. The van der Waals surface area contributed by atoms with E-state index < -0.39 is 11.8 Å². The molecule has 0 aliphatic rings. The lowest BCUT2D eigenvalue weighted by molar-refractivity contribution is -0.134. The topological polar surface area (TPSA) is 72.2 Å². The Labute approximate surface area is 82.1 Å². The van der Waals surface area contributed by atoms with Crippen LogP contribution in [0.3, 0.4) is 0 Å². The number of rotatable bonds is 1. The monoisotopic (exact) mass is 192 g/mol. The molecule has 0 bridgehead atoms. The molecule has 2 amide bonds. The summed E-state index contributed by atoms with van der Waals surface area (Å²) in [6, 6.07) is 5.51. The maximum Gasteiger partial charge on any atom is 0.313 e. The van der Waals surface area contributed by atoms with Gasteiger partial charge in [0.25, 0.3) is 0 Å². The van der Waals surface area contributed by atoms with E-state index in [2.05, 4.69) is 5.32 Å². The van der Waals surface area contributed by atoms with Gasteiger partial charge in [0.1, 0.15) is 0 Å². The van der Waals surface area contributed by atoms with Crippen LogP contribution in [0.25, 0.3) is 0 Å². The van der Waals surface area contributed by atoms with Crippen LogP contribution < -0.4 is 11.1 Å². The van der Waals surface area contributed by atoms with Crippen molar-refractivity contribution in [3.63, 3.8) is 0 Å². The number of benzene rings is 1. The highest BCUT2D eigenvalue weighted by Gasteiger charge is 2.09. The van der Waals surface area contributed by atoms with E-state index in [1.165, 1.54) is 0 Å². The minimum Gasteiger partial charge on any atom is -0.361 e. The van der Waals surface area contributed by atoms with Crippen molar-refractivity contribution in [1.29, 1.82) is 0 Å². The number of carbonyl (C=O) groups is 2. The van der Waals surface area contributed by atoms with E-state index in [0.29, 0.717) is 5.69 Å². The van der Waals surface area contributed by atoms with Gasteiger partial charge in [-0.1, -0.05) is 17.7 Å². The highest BCUT2D eigenvalue weighted by molar-refractivity contribution is 6.39. The Kier molecular flexibility index (Phi) is 2.86. The highest BCUT2D eigenvalue weighted by atomic mass is 16.2. The number of aryl methyl sites for hydroxylation is 2. The van der Waals surface area contributed by atoms with Crippen LogP contribution in [-0.4, -0.2) is 11.8 Å². The van der Waals surface area contributed by atoms with Crippen molar-refractivity contribution in [2.75, 3.05) is 5.32 Å². The molecule has 1 rings (SSSR count). The summed E-state index contributed by atoms with van der Waals surface area (Å²) in [4.78, 5) is 21.5. The summed E-state index contributed by atoms with van der Waals surface area (Å²) in [5.41, 5.74) is 7.42. The van der Waals surface area contributed by atoms with Crippen molar-refractivity contribution in [1.82, 2.24) is 0 Å². The molecule has 4 heteroatoms. The van der Waals surface area contributed by atoms with Crippen LogP contribution in [0.15, 0.2) is 18.2 Å². The van der Waals surface area contributed by atoms with Gasteiger partial charge in [0.05, 0.1) is 0 Å². The molecule has 14 heavy (non-hydrogen) atoms. The summed E-state index contributed by atoms with van der Waals surface area (Å²) in [5.74, 6) is -1.78. The van der Waals surface area contributed by atoms with Crippen molar-refractivity contribution < 1.29 is 9.59 Å². The Hall–Kier alpha value is -1.84. The molecule has 0 fully saturated rings. The molecule has 0 saturated heterocycles. The van der Waals surface area contributed by atoms with E-state index in [1.807, 2.05) is 26.0 Å². The second kappa shape index (κ2) is 3.91. The first-order valence-electron chi connectivity index (χ1n) is 4.18. The van der Waals surface area contributed by atoms with Gasteiger partial charge in [0, 0.05) is 5.69 Å². The first-order valence-corrected chi connectivity index (χ1v) is 4.18. The summed E-state index contributed by atoms with van der Waals surface area (Å²) in [7, 11) is 0. The average Bonchev–Trinajstić information content (AvgIpc) is 2.09.